The molecule has 0 aliphatic heterocycles. The van der Waals surface area contributed by atoms with Crippen LogP contribution in [0.2, 0.25) is 0 Å². The molecular formula is C22H18O5. The molecule has 0 saturated heterocycles. The Morgan fingerprint density at radius 3 is 1.93 bits per heavy atom. The van der Waals surface area contributed by atoms with Gasteiger partial charge >= 0.3 is 5.97 Å². The van der Waals surface area contributed by atoms with Gasteiger partial charge in [-0.3, -0.25) is 4.79 Å². The fourth-order valence-corrected chi connectivity index (χ4v) is 2.78. The number of carbonyl (C=O) groups is 2. The Balaban J connectivity index is 2.04. The Kier molecular flexibility index (Phi) is 5.33. The third-order valence-electron chi connectivity index (χ3n) is 4.20. The summed E-state index contributed by atoms with van der Waals surface area (Å²) in [6, 6.07) is 21.5. The summed E-state index contributed by atoms with van der Waals surface area (Å²) >= 11 is 0. The molecule has 0 aliphatic carbocycles. The molecule has 3 aromatic rings. The van der Waals surface area contributed by atoms with Crippen molar-refractivity contribution in [2.45, 2.75) is 5.60 Å². The monoisotopic (exact) mass is 362 g/mol. The molecule has 5 nitrogen and oxygen atoms in total. The van der Waals surface area contributed by atoms with Gasteiger partial charge in [0.05, 0.1) is 7.11 Å². The van der Waals surface area contributed by atoms with Crippen molar-refractivity contribution in [1.82, 2.24) is 0 Å². The first-order valence-corrected chi connectivity index (χ1v) is 8.28. The number of rotatable bonds is 6. The molecule has 0 aromatic heterocycles. The molecule has 0 amide bonds. The lowest BCUT2D eigenvalue weighted by atomic mass is 9.86. The standard InChI is InChI=1S/C22H18O5/c1-26-20-14-16(15-23)12-13-19(20)27-21(24)22(25,17-8-4-2-5-9-17)18-10-6-3-7-11-18/h2-15,25H,1H3. The van der Waals surface area contributed by atoms with E-state index < -0.39 is 11.6 Å². The number of hydrogen-bond acceptors (Lipinski definition) is 5. The Labute approximate surface area is 156 Å². The fraction of sp³-hybridized carbons (Fsp3) is 0.0909. The summed E-state index contributed by atoms with van der Waals surface area (Å²) < 4.78 is 10.7. The first kappa shape index (κ1) is 18.4. The van der Waals surface area contributed by atoms with Gasteiger partial charge in [-0.25, -0.2) is 4.79 Å². The van der Waals surface area contributed by atoms with Gasteiger partial charge in [0.25, 0.3) is 0 Å². The van der Waals surface area contributed by atoms with Crippen molar-refractivity contribution in [2.75, 3.05) is 7.11 Å². The third kappa shape index (κ3) is 3.59. The summed E-state index contributed by atoms with van der Waals surface area (Å²) in [5.74, 6) is -0.549. The Morgan fingerprint density at radius 1 is 0.889 bits per heavy atom. The van der Waals surface area contributed by atoms with Crippen molar-refractivity contribution in [3.63, 3.8) is 0 Å². The summed E-state index contributed by atoms with van der Waals surface area (Å²) in [6.45, 7) is 0. The molecule has 3 rings (SSSR count). The van der Waals surface area contributed by atoms with Crippen LogP contribution < -0.4 is 9.47 Å². The van der Waals surface area contributed by atoms with Crippen LogP contribution in [-0.4, -0.2) is 24.5 Å². The van der Waals surface area contributed by atoms with E-state index in [1.807, 2.05) is 0 Å². The van der Waals surface area contributed by atoms with Crippen molar-refractivity contribution < 1.29 is 24.2 Å². The minimum absolute atomic E-state index is 0.110. The smallest absolute Gasteiger partial charge is 0.353 e. The first-order chi connectivity index (χ1) is 13.1. The number of aldehydes is 1. The molecule has 0 heterocycles. The van der Waals surface area contributed by atoms with Crippen LogP contribution in [0.25, 0.3) is 0 Å². The van der Waals surface area contributed by atoms with E-state index in [9.17, 15) is 14.7 Å². The molecule has 0 unspecified atom stereocenters. The number of benzene rings is 3. The SMILES string of the molecule is COc1cc(C=O)ccc1OC(=O)C(O)(c1ccccc1)c1ccccc1. The second-order valence-corrected chi connectivity index (χ2v) is 5.86. The molecule has 0 fully saturated rings. The van der Waals surface area contributed by atoms with E-state index in [1.165, 1.54) is 25.3 Å². The molecule has 0 radical (unpaired) electrons. The van der Waals surface area contributed by atoms with E-state index in [2.05, 4.69) is 0 Å². The maximum atomic E-state index is 13.1. The predicted octanol–water partition coefficient (Wildman–Crippen LogP) is 3.35. The summed E-state index contributed by atoms with van der Waals surface area (Å²) in [7, 11) is 1.40. The zero-order chi connectivity index (χ0) is 19.3. The van der Waals surface area contributed by atoms with Crippen molar-refractivity contribution in [2.24, 2.45) is 0 Å². The van der Waals surface area contributed by atoms with Gasteiger partial charge in [-0.1, -0.05) is 60.7 Å². The highest BCUT2D eigenvalue weighted by Gasteiger charge is 2.42. The maximum absolute atomic E-state index is 13.1. The number of methoxy groups -OCH3 is 1. The predicted molar refractivity (Wildman–Crippen MR) is 99.9 cm³/mol. The van der Waals surface area contributed by atoms with Gasteiger partial charge < -0.3 is 14.6 Å². The minimum Gasteiger partial charge on any atom is -0.493 e. The summed E-state index contributed by atoms with van der Waals surface area (Å²) in [5.41, 5.74) is -0.862. The Hall–Kier alpha value is -3.44. The van der Waals surface area contributed by atoms with Gasteiger partial charge in [0, 0.05) is 5.56 Å². The lowest BCUT2D eigenvalue weighted by Crippen LogP contribution is -2.40. The van der Waals surface area contributed by atoms with E-state index >= 15 is 0 Å². The lowest BCUT2D eigenvalue weighted by Gasteiger charge is -2.27. The zero-order valence-electron chi connectivity index (χ0n) is 14.7. The van der Waals surface area contributed by atoms with E-state index in [1.54, 1.807) is 60.7 Å². The average molecular weight is 362 g/mol. The third-order valence-corrected chi connectivity index (χ3v) is 4.20. The van der Waals surface area contributed by atoms with E-state index in [0.717, 1.165) is 0 Å². The molecule has 1 N–H and O–H groups in total. The van der Waals surface area contributed by atoms with Crippen LogP contribution in [0.3, 0.4) is 0 Å². The Morgan fingerprint density at radius 2 is 1.44 bits per heavy atom. The van der Waals surface area contributed by atoms with Gasteiger partial charge in [-0.2, -0.15) is 0 Å². The maximum Gasteiger partial charge on any atom is 0.353 e. The molecular weight excluding hydrogens is 344 g/mol. The van der Waals surface area contributed by atoms with Crippen molar-refractivity contribution >= 4 is 12.3 Å². The highest BCUT2D eigenvalue weighted by Crippen LogP contribution is 2.34. The highest BCUT2D eigenvalue weighted by molar-refractivity contribution is 5.88. The second-order valence-electron chi connectivity index (χ2n) is 5.86. The summed E-state index contributed by atoms with van der Waals surface area (Å²) in [5, 5.41) is 11.4. The highest BCUT2D eigenvalue weighted by atomic mass is 16.6. The number of aliphatic hydroxyl groups is 1. The lowest BCUT2D eigenvalue weighted by molar-refractivity contribution is -0.152. The number of hydrogen-bond donors (Lipinski definition) is 1. The van der Waals surface area contributed by atoms with Crippen molar-refractivity contribution in [3.05, 3.63) is 95.6 Å². The van der Waals surface area contributed by atoms with Crippen molar-refractivity contribution in [3.8, 4) is 11.5 Å². The molecule has 0 aliphatic rings. The van der Waals surface area contributed by atoms with Crippen LogP contribution in [0.1, 0.15) is 21.5 Å². The molecule has 5 heteroatoms. The molecule has 0 saturated carbocycles. The van der Waals surface area contributed by atoms with Gasteiger partial charge in [0.2, 0.25) is 5.60 Å². The van der Waals surface area contributed by atoms with Gasteiger partial charge in [-0.05, 0) is 29.3 Å². The van der Waals surface area contributed by atoms with Crippen molar-refractivity contribution in [1.29, 1.82) is 0 Å². The number of ether oxygens (including phenoxy) is 2. The van der Waals surface area contributed by atoms with Crippen LogP contribution in [0, 0.1) is 0 Å². The normalized spacial score (nSPS) is 10.9. The molecule has 0 bridgehead atoms. The largest absolute Gasteiger partial charge is 0.493 e. The fourth-order valence-electron chi connectivity index (χ4n) is 2.78. The quantitative estimate of drug-likeness (QED) is 0.414. The first-order valence-electron chi connectivity index (χ1n) is 8.28. The van der Waals surface area contributed by atoms with Crippen LogP contribution in [0.4, 0.5) is 0 Å². The van der Waals surface area contributed by atoms with E-state index in [-0.39, 0.29) is 11.5 Å². The number of carbonyl (C=O) groups excluding carboxylic acids is 2. The van der Waals surface area contributed by atoms with Crippen LogP contribution in [0.5, 0.6) is 11.5 Å². The average Bonchev–Trinajstić information content (AvgIpc) is 2.74. The molecule has 0 atom stereocenters. The van der Waals surface area contributed by atoms with Gasteiger partial charge in [0.15, 0.2) is 11.5 Å². The van der Waals surface area contributed by atoms with Crippen LogP contribution in [-0.2, 0) is 10.4 Å². The molecule has 136 valence electrons. The van der Waals surface area contributed by atoms with Gasteiger partial charge in [0.1, 0.15) is 6.29 Å². The summed E-state index contributed by atoms with van der Waals surface area (Å²) in [6.07, 6.45) is 0.665. The number of esters is 1. The summed E-state index contributed by atoms with van der Waals surface area (Å²) in [4.78, 5) is 24.0. The molecule has 0 spiro atoms. The van der Waals surface area contributed by atoms with E-state index in [0.29, 0.717) is 23.0 Å². The van der Waals surface area contributed by atoms with Gasteiger partial charge in [-0.15, -0.1) is 0 Å². The topological polar surface area (TPSA) is 72.8 Å². The Bertz CT molecular complexity index is 896. The van der Waals surface area contributed by atoms with Crippen LogP contribution in [0.15, 0.2) is 78.9 Å². The zero-order valence-corrected chi connectivity index (χ0v) is 14.7. The second kappa shape index (κ2) is 7.85. The molecule has 3 aromatic carbocycles. The minimum atomic E-state index is -2.00. The van der Waals surface area contributed by atoms with E-state index in [4.69, 9.17) is 9.47 Å². The van der Waals surface area contributed by atoms with Crippen LogP contribution >= 0.6 is 0 Å². The molecule has 27 heavy (non-hydrogen) atoms.